The van der Waals surface area contributed by atoms with Crippen molar-refractivity contribution in [3.05, 3.63) is 53.7 Å². The number of benzene rings is 1. The number of carbonyl (C=O) groups is 1. The number of carbonyl (C=O) groups excluding carboxylic acids is 1. The third-order valence-corrected chi connectivity index (χ3v) is 6.78. The predicted molar refractivity (Wildman–Crippen MR) is 112 cm³/mol. The highest BCUT2D eigenvalue weighted by molar-refractivity contribution is 7.89. The number of nitrogens with one attached hydrogen (secondary N) is 1. The first-order chi connectivity index (χ1) is 15.6. The predicted octanol–water partition coefficient (Wildman–Crippen LogP) is 2.29. The molecule has 2 aromatic rings. The number of halogens is 3. The molecule has 0 saturated carbocycles. The van der Waals surface area contributed by atoms with Crippen LogP contribution in [-0.4, -0.2) is 62.7 Å². The largest absolute Gasteiger partial charge is 0.468 e. The molecule has 1 fully saturated rings. The Morgan fingerprint density at radius 2 is 1.85 bits per heavy atom. The highest BCUT2D eigenvalue weighted by Crippen LogP contribution is 2.20. The van der Waals surface area contributed by atoms with Gasteiger partial charge in [0.1, 0.15) is 0 Å². The fourth-order valence-electron chi connectivity index (χ4n) is 3.14. The molecule has 0 unspecified atom stereocenters. The van der Waals surface area contributed by atoms with Crippen molar-refractivity contribution in [2.24, 2.45) is 0 Å². The number of morpholine rings is 1. The van der Waals surface area contributed by atoms with E-state index >= 15 is 0 Å². The Morgan fingerprint density at radius 1 is 1.15 bits per heavy atom. The van der Waals surface area contributed by atoms with Crippen LogP contribution in [-0.2, 0) is 32.5 Å². The Morgan fingerprint density at radius 3 is 2.52 bits per heavy atom. The molecule has 1 aliphatic heterocycles. The lowest BCUT2D eigenvalue weighted by atomic mass is 10.1. The van der Waals surface area contributed by atoms with Gasteiger partial charge in [0.05, 0.1) is 18.1 Å². The van der Waals surface area contributed by atoms with Crippen LogP contribution in [0.4, 0.5) is 13.2 Å². The number of rotatable bonds is 9. The van der Waals surface area contributed by atoms with Crippen molar-refractivity contribution >= 4 is 15.9 Å². The molecule has 1 saturated heterocycles. The van der Waals surface area contributed by atoms with Gasteiger partial charge < -0.3 is 14.8 Å². The van der Waals surface area contributed by atoms with Crippen LogP contribution in [0.15, 0.2) is 47.5 Å². The van der Waals surface area contributed by atoms with Gasteiger partial charge in [-0.15, -0.1) is 0 Å². The molecule has 2 heterocycles. The topological polar surface area (TPSA) is 97.8 Å². The third-order valence-electron chi connectivity index (χ3n) is 4.87. The molecule has 0 spiro atoms. The average molecular weight is 488 g/mol. The number of pyridine rings is 1. The molecule has 3 rings (SSSR count). The lowest BCUT2D eigenvalue weighted by molar-refractivity contribution is -0.154. The highest BCUT2D eigenvalue weighted by atomic mass is 32.2. The lowest BCUT2D eigenvalue weighted by Crippen LogP contribution is -2.40. The molecule has 33 heavy (non-hydrogen) atoms. The maximum absolute atomic E-state index is 12.6. The quantitative estimate of drug-likeness (QED) is 0.583. The number of alkyl halides is 3. The molecule has 1 aliphatic rings. The average Bonchev–Trinajstić information content (AvgIpc) is 2.81. The minimum Gasteiger partial charge on any atom is -0.468 e. The van der Waals surface area contributed by atoms with Gasteiger partial charge in [-0.2, -0.15) is 17.5 Å². The number of nitrogens with zero attached hydrogens (tertiary/aromatic N) is 2. The van der Waals surface area contributed by atoms with Crippen LogP contribution in [0, 0.1) is 0 Å². The fourth-order valence-corrected chi connectivity index (χ4v) is 4.55. The second kappa shape index (κ2) is 10.9. The monoisotopic (exact) mass is 487 g/mol. The van der Waals surface area contributed by atoms with Gasteiger partial charge in [-0.3, -0.25) is 4.79 Å². The molecule has 0 atom stereocenters. The molecule has 180 valence electrons. The summed E-state index contributed by atoms with van der Waals surface area (Å²) in [4.78, 5) is 16.1. The van der Waals surface area contributed by atoms with E-state index in [1.165, 1.54) is 34.8 Å². The van der Waals surface area contributed by atoms with Gasteiger partial charge in [-0.05, 0) is 30.2 Å². The van der Waals surface area contributed by atoms with Gasteiger partial charge in [0.15, 0.2) is 6.61 Å². The van der Waals surface area contributed by atoms with Crippen molar-refractivity contribution < 1.29 is 35.9 Å². The van der Waals surface area contributed by atoms with Gasteiger partial charge in [0, 0.05) is 37.8 Å². The van der Waals surface area contributed by atoms with E-state index in [0.29, 0.717) is 38.3 Å². The summed E-state index contributed by atoms with van der Waals surface area (Å²) in [6, 6.07) is 9.40. The second-order valence-electron chi connectivity index (χ2n) is 7.31. The van der Waals surface area contributed by atoms with Crippen LogP contribution in [0.3, 0.4) is 0 Å². The molecule has 0 radical (unpaired) electrons. The van der Waals surface area contributed by atoms with E-state index < -0.39 is 22.8 Å². The summed E-state index contributed by atoms with van der Waals surface area (Å²) in [6.07, 6.45) is -2.70. The first-order valence-electron chi connectivity index (χ1n) is 10.2. The van der Waals surface area contributed by atoms with E-state index in [0.717, 1.165) is 5.56 Å². The van der Waals surface area contributed by atoms with Crippen molar-refractivity contribution in [2.45, 2.75) is 30.5 Å². The molecule has 1 aromatic heterocycles. The van der Waals surface area contributed by atoms with Crippen LogP contribution >= 0.6 is 0 Å². The van der Waals surface area contributed by atoms with Gasteiger partial charge in [-0.25, -0.2) is 13.4 Å². The van der Waals surface area contributed by atoms with E-state index in [1.54, 1.807) is 12.1 Å². The van der Waals surface area contributed by atoms with Gasteiger partial charge in [-0.1, -0.05) is 18.2 Å². The lowest BCUT2D eigenvalue weighted by Gasteiger charge is -2.26. The summed E-state index contributed by atoms with van der Waals surface area (Å²) < 4.78 is 73.7. The normalized spacial score (nSPS) is 15.2. The van der Waals surface area contributed by atoms with Crippen molar-refractivity contribution in [3.63, 3.8) is 0 Å². The van der Waals surface area contributed by atoms with Crippen LogP contribution in [0.5, 0.6) is 5.88 Å². The van der Waals surface area contributed by atoms with E-state index in [1.807, 2.05) is 0 Å². The zero-order chi connectivity index (χ0) is 23.9. The van der Waals surface area contributed by atoms with E-state index in [-0.39, 0.29) is 29.6 Å². The molecule has 1 aromatic carbocycles. The summed E-state index contributed by atoms with van der Waals surface area (Å²) >= 11 is 0. The Kier molecular flexibility index (Phi) is 8.27. The van der Waals surface area contributed by atoms with E-state index in [9.17, 15) is 26.4 Å². The minimum absolute atomic E-state index is 0.0312. The Bertz CT molecular complexity index is 1040. The highest BCUT2D eigenvalue weighted by Gasteiger charge is 2.29. The number of hydrogen-bond acceptors (Lipinski definition) is 6. The van der Waals surface area contributed by atoms with Gasteiger partial charge in [0.2, 0.25) is 21.8 Å². The van der Waals surface area contributed by atoms with E-state index in [2.05, 4.69) is 10.3 Å². The number of aromatic nitrogens is 1. The molecular weight excluding hydrogens is 463 g/mol. The maximum Gasteiger partial charge on any atom is 0.422 e. The van der Waals surface area contributed by atoms with Crippen molar-refractivity contribution in [1.82, 2.24) is 14.6 Å². The Balaban J connectivity index is 1.50. The van der Waals surface area contributed by atoms with Crippen LogP contribution in [0.2, 0.25) is 0 Å². The fraction of sp³-hybridized carbons (Fsp3) is 0.429. The van der Waals surface area contributed by atoms with Crippen molar-refractivity contribution in [2.75, 3.05) is 32.9 Å². The molecule has 0 bridgehead atoms. The molecule has 12 heteroatoms. The van der Waals surface area contributed by atoms with Gasteiger partial charge >= 0.3 is 6.18 Å². The smallest absolute Gasteiger partial charge is 0.422 e. The minimum atomic E-state index is -4.49. The summed E-state index contributed by atoms with van der Waals surface area (Å²) in [5, 5.41) is 2.63. The molecule has 1 N–H and O–H groups in total. The van der Waals surface area contributed by atoms with E-state index in [4.69, 9.17) is 9.47 Å². The molecule has 8 nitrogen and oxygen atoms in total. The molecule has 1 amide bonds. The maximum atomic E-state index is 12.6. The Labute approximate surface area is 189 Å². The Hall–Kier alpha value is -2.70. The number of sulfonamides is 1. The summed E-state index contributed by atoms with van der Waals surface area (Å²) in [7, 11) is -3.58. The van der Waals surface area contributed by atoms with Crippen molar-refractivity contribution in [1.29, 1.82) is 0 Å². The van der Waals surface area contributed by atoms with Crippen molar-refractivity contribution in [3.8, 4) is 5.88 Å². The summed E-state index contributed by atoms with van der Waals surface area (Å²) in [6.45, 7) is -0.157. The number of aryl methyl sites for hydroxylation is 1. The third kappa shape index (κ3) is 7.41. The second-order valence-corrected chi connectivity index (χ2v) is 9.25. The number of hydrogen-bond donors (Lipinski definition) is 1. The zero-order valence-electron chi connectivity index (χ0n) is 17.7. The first-order valence-corrected chi connectivity index (χ1v) is 11.7. The summed E-state index contributed by atoms with van der Waals surface area (Å²) in [5.74, 6) is -0.502. The van der Waals surface area contributed by atoms with Gasteiger partial charge in [0.25, 0.3) is 0 Å². The molecular formula is C21H24F3N3O5S. The first kappa shape index (κ1) is 24.9. The van der Waals surface area contributed by atoms with Crippen LogP contribution < -0.4 is 10.1 Å². The molecule has 0 aliphatic carbocycles. The SMILES string of the molecule is O=C(CCc1ccc(S(=O)(=O)N2CCOCC2)cc1)NCc1cccnc1OCC(F)(F)F. The number of amides is 1. The zero-order valence-corrected chi connectivity index (χ0v) is 18.5. The number of ether oxygens (including phenoxy) is 2. The summed E-state index contributed by atoms with van der Waals surface area (Å²) in [5.41, 5.74) is 1.11. The van der Waals surface area contributed by atoms with Crippen LogP contribution in [0.25, 0.3) is 0 Å². The standard InChI is InChI=1S/C21H24F3N3O5S/c22-21(23,24)15-32-20-17(2-1-9-25-20)14-26-19(28)8-5-16-3-6-18(7-4-16)33(29,30)27-10-12-31-13-11-27/h1-4,6-7,9H,5,8,10-15H2,(H,26,28). The van der Waals surface area contributed by atoms with Crippen LogP contribution in [0.1, 0.15) is 17.5 Å².